The molecule has 0 unspecified atom stereocenters. The number of amides is 1. The number of nitro benzene ring substituents is 1. The van der Waals surface area contributed by atoms with Gasteiger partial charge in [-0.05, 0) is 31.4 Å². The maximum atomic E-state index is 12.0. The number of nitrogens with zero attached hydrogens (tertiary/aromatic N) is 3. The average Bonchev–Trinajstić information content (AvgIpc) is 3.11. The second kappa shape index (κ2) is 7.61. The number of carbonyl (C=O) groups is 1. The molecule has 1 N–H and O–H groups in total. The number of benzene rings is 1. The van der Waals surface area contributed by atoms with Crippen molar-refractivity contribution in [1.82, 2.24) is 5.43 Å². The first-order valence-corrected chi connectivity index (χ1v) is 8.07. The number of anilines is 1. The van der Waals surface area contributed by atoms with Gasteiger partial charge >= 0.3 is 0 Å². The summed E-state index contributed by atoms with van der Waals surface area (Å²) in [6.45, 7) is 1.94. The van der Waals surface area contributed by atoms with Gasteiger partial charge in [-0.15, -0.1) is 0 Å². The van der Waals surface area contributed by atoms with Crippen LogP contribution < -0.4 is 10.3 Å². The molecule has 8 heteroatoms. The van der Waals surface area contributed by atoms with Gasteiger partial charge in [0.05, 0.1) is 11.1 Å². The van der Waals surface area contributed by atoms with Crippen LogP contribution >= 0.6 is 0 Å². The summed E-state index contributed by atoms with van der Waals surface area (Å²) >= 11 is 0. The molecule has 1 aliphatic heterocycles. The average molecular weight is 342 g/mol. The van der Waals surface area contributed by atoms with E-state index in [1.165, 1.54) is 30.8 Å². The molecule has 0 aliphatic carbocycles. The largest absolute Gasteiger partial charge is 0.440 e. The van der Waals surface area contributed by atoms with Gasteiger partial charge in [-0.25, -0.2) is 5.43 Å². The SMILES string of the molecule is O=C(N/N=C/c1ccc(N2CCCCC2)o1)c1ccccc1[N+](=O)[O-]. The van der Waals surface area contributed by atoms with E-state index in [1.54, 1.807) is 12.1 Å². The molecule has 1 aliphatic rings. The van der Waals surface area contributed by atoms with Crippen molar-refractivity contribution in [2.24, 2.45) is 5.10 Å². The van der Waals surface area contributed by atoms with Gasteiger partial charge in [-0.1, -0.05) is 12.1 Å². The van der Waals surface area contributed by atoms with Crippen molar-refractivity contribution >= 4 is 23.7 Å². The van der Waals surface area contributed by atoms with Crippen molar-refractivity contribution < 1.29 is 14.1 Å². The molecule has 0 radical (unpaired) electrons. The Kier molecular flexibility index (Phi) is 5.08. The molecule has 0 saturated carbocycles. The molecule has 1 aromatic carbocycles. The third kappa shape index (κ3) is 4.03. The highest BCUT2D eigenvalue weighted by Crippen LogP contribution is 2.22. The van der Waals surface area contributed by atoms with Gasteiger partial charge in [0.15, 0.2) is 5.88 Å². The standard InChI is InChI=1S/C17H18N4O4/c22-17(14-6-2-3-7-15(14)21(23)24)19-18-12-13-8-9-16(25-13)20-10-4-1-5-11-20/h2-3,6-9,12H,1,4-5,10-11H2,(H,19,22)/b18-12+. The lowest BCUT2D eigenvalue weighted by atomic mass is 10.1. The summed E-state index contributed by atoms with van der Waals surface area (Å²) < 4.78 is 5.69. The zero-order valence-corrected chi connectivity index (χ0v) is 13.6. The number of furan rings is 1. The van der Waals surface area contributed by atoms with Crippen LogP contribution in [0.25, 0.3) is 0 Å². The minimum absolute atomic E-state index is 0.0434. The first-order chi connectivity index (χ1) is 12.1. The van der Waals surface area contributed by atoms with Crippen molar-refractivity contribution in [2.75, 3.05) is 18.0 Å². The van der Waals surface area contributed by atoms with E-state index in [1.807, 2.05) is 6.07 Å². The molecule has 3 rings (SSSR count). The molecule has 1 aromatic heterocycles. The number of hydrazone groups is 1. The van der Waals surface area contributed by atoms with Crippen molar-refractivity contribution in [3.8, 4) is 0 Å². The molecule has 0 bridgehead atoms. The van der Waals surface area contributed by atoms with Crippen LogP contribution in [0.4, 0.5) is 11.6 Å². The highest BCUT2D eigenvalue weighted by molar-refractivity contribution is 5.98. The summed E-state index contributed by atoms with van der Waals surface area (Å²) in [5.74, 6) is 0.640. The summed E-state index contributed by atoms with van der Waals surface area (Å²) in [6, 6.07) is 9.35. The number of nitro groups is 1. The van der Waals surface area contributed by atoms with Crippen LogP contribution in [0, 0.1) is 10.1 Å². The maximum Gasteiger partial charge on any atom is 0.282 e. The van der Waals surface area contributed by atoms with Crippen LogP contribution in [0.2, 0.25) is 0 Å². The fraction of sp³-hybridized carbons (Fsp3) is 0.294. The maximum absolute atomic E-state index is 12.0. The monoisotopic (exact) mass is 342 g/mol. The third-order valence-corrected chi connectivity index (χ3v) is 3.98. The molecule has 130 valence electrons. The van der Waals surface area contributed by atoms with Crippen LogP contribution in [0.5, 0.6) is 0 Å². The first kappa shape index (κ1) is 16.7. The quantitative estimate of drug-likeness (QED) is 0.511. The van der Waals surface area contributed by atoms with Crippen LogP contribution in [-0.4, -0.2) is 30.1 Å². The van der Waals surface area contributed by atoms with Crippen molar-refractivity contribution in [3.05, 3.63) is 57.8 Å². The number of para-hydroxylation sites is 1. The molecule has 2 aromatic rings. The Morgan fingerprint density at radius 1 is 1.20 bits per heavy atom. The Hall–Kier alpha value is -3.16. The molecule has 25 heavy (non-hydrogen) atoms. The number of hydrogen-bond acceptors (Lipinski definition) is 6. The lowest BCUT2D eigenvalue weighted by Crippen LogP contribution is -2.28. The summed E-state index contributed by atoms with van der Waals surface area (Å²) in [7, 11) is 0. The fourth-order valence-electron chi connectivity index (χ4n) is 2.74. The summed E-state index contributed by atoms with van der Waals surface area (Å²) in [6.07, 6.45) is 4.91. The van der Waals surface area contributed by atoms with E-state index in [0.717, 1.165) is 31.8 Å². The summed E-state index contributed by atoms with van der Waals surface area (Å²) in [4.78, 5) is 24.6. The molecule has 2 heterocycles. The fourth-order valence-corrected chi connectivity index (χ4v) is 2.74. The number of nitrogens with one attached hydrogen (secondary N) is 1. The van der Waals surface area contributed by atoms with Gasteiger partial charge in [0.25, 0.3) is 11.6 Å². The van der Waals surface area contributed by atoms with E-state index in [0.29, 0.717) is 5.76 Å². The third-order valence-electron chi connectivity index (χ3n) is 3.98. The Morgan fingerprint density at radius 2 is 1.96 bits per heavy atom. The highest BCUT2D eigenvalue weighted by atomic mass is 16.6. The Bertz CT molecular complexity index is 793. The Labute approximate surface area is 144 Å². The molecular formula is C17H18N4O4. The number of rotatable bonds is 5. The van der Waals surface area contributed by atoms with E-state index in [4.69, 9.17) is 4.42 Å². The van der Waals surface area contributed by atoms with Crippen LogP contribution in [-0.2, 0) is 0 Å². The minimum Gasteiger partial charge on any atom is -0.440 e. The second-order valence-corrected chi connectivity index (χ2v) is 5.70. The van der Waals surface area contributed by atoms with Gasteiger partial charge in [0.2, 0.25) is 0 Å². The van der Waals surface area contributed by atoms with Gasteiger partial charge in [0, 0.05) is 25.2 Å². The van der Waals surface area contributed by atoms with E-state index in [9.17, 15) is 14.9 Å². The summed E-state index contributed by atoms with van der Waals surface area (Å²) in [5.41, 5.74) is 1.98. The lowest BCUT2D eigenvalue weighted by Gasteiger charge is -2.25. The number of carbonyl (C=O) groups excluding carboxylic acids is 1. The van der Waals surface area contributed by atoms with Crippen molar-refractivity contribution in [2.45, 2.75) is 19.3 Å². The molecular weight excluding hydrogens is 324 g/mol. The van der Waals surface area contributed by atoms with Crippen LogP contribution in [0.15, 0.2) is 45.9 Å². The lowest BCUT2D eigenvalue weighted by molar-refractivity contribution is -0.385. The van der Waals surface area contributed by atoms with Crippen LogP contribution in [0.1, 0.15) is 35.4 Å². The molecule has 8 nitrogen and oxygen atoms in total. The topological polar surface area (TPSA) is 101 Å². The van der Waals surface area contributed by atoms with Crippen molar-refractivity contribution in [3.63, 3.8) is 0 Å². The van der Waals surface area contributed by atoms with E-state index in [2.05, 4.69) is 15.4 Å². The molecule has 1 fully saturated rings. The van der Waals surface area contributed by atoms with Gasteiger partial charge in [0.1, 0.15) is 11.3 Å². The van der Waals surface area contributed by atoms with Gasteiger partial charge in [-0.3, -0.25) is 14.9 Å². The highest BCUT2D eigenvalue weighted by Gasteiger charge is 2.18. The number of hydrogen-bond donors (Lipinski definition) is 1. The predicted molar refractivity (Wildman–Crippen MR) is 92.9 cm³/mol. The number of piperidine rings is 1. The summed E-state index contributed by atoms with van der Waals surface area (Å²) in [5, 5.41) is 14.8. The first-order valence-electron chi connectivity index (χ1n) is 8.07. The van der Waals surface area contributed by atoms with Crippen LogP contribution in [0.3, 0.4) is 0 Å². The predicted octanol–water partition coefficient (Wildman–Crippen LogP) is 2.94. The Morgan fingerprint density at radius 3 is 2.72 bits per heavy atom. The molecule has 1 amide bonds. The Balaban J connectivity index is 1.63. The van der Waals surface area contributed by atoms with Gasteiger partial charge in [-0.2, -0.15) is 5.10 Å². The molecule has 0 spiro atoms. The molecule has 0 atom stereocenters. The van der Waals surface area contributed by atoms with Gasteiger partial charge < -0.3 is 9.32 Å². The zero-order valence-electron chi connectivity index (χ0n) is 13.6. The normalized spacial score (nSPS) is 14.6. The van der Waals surface area contributed by atoms with E-state index in [-0.39, 0.29) is 11.3 Å². The zero-order chi connectivity index (χ0) is 17.6. The smallest absolute Gasteiger partial charge is 0.282 e. The van der Waals surface area contributed by atoms with E-state index >= 15 is 0 Å². The second-order valence-electron chi connectivity index (χ2n) is 5.70. The van der Waals surface area contributed by atoms with E-state index < -0.39 is 10.8 Å². The molecule has 1 saturated heterocycles. The minimum atomic E-state index is -0.647. The van der Waals surface area contributed by atoms with Crippen molar-refractivity contribution in [1.29, 1.82) is 0 Å².